The van der Waals surface area contributed by atoms with Crippen LogP contribution < -0.4 is 0 Å². The van der Waals surface area contributed by atoms with Crippen molar-refractivity contribution in [3.8, 4) is 0 Å². The Morgan fingerprint density at radius 1 is 0.950 bits per heavy atom. The second-order valence-electron chi connectivity index (χ2n) is 7.30. The van der Waals surface area contributed by atoms with Crippen LogP contribution in [0.4, 0.5) is 0 Å². The van der Waals surface area contributed by atoms with Crippen molar-refractivity contribution in [3.63, 3.8) is 0 Å². The maximum Gasteiger partial charge on any atom is 0.0385 e. The minimum atomic E-state index is 0.751. The Hall–Kier alpha value is -0.340. The average Bonchev–Trinajstić information content (AvgIpc) is 2.96. The topological polar surface area (TPSA) is 3.24 Å². The van der Waals surface area contributed by atoms with Crippen molar-refractivity contribution >= 4 is 15.9 Å². The fraction of sp³-hybridized carbons (Fsp3) is 0.667. The van der Waals surface area contributed by atoms with Gasteiger partial charge in [0.1, 0.15) is 0 Å². The summed E-state index contributed by atoms with van der Waals surface area (Å²) in [5.41, 5.74) is 3.38. The highest BCUT2D eigenvalue weighted by Crippen LogP contribution is 2.62. The molecule has 106 valence electrons. The van der Waals surface area contributed by atoms with Gasteiger partial charge in [-0.25, -0.2) is 0 Å². The molecule has 0 spiro atoms. The van der Waals surface area contributed by atoms with Crippen molar-refractivity contribution in [2.24, 2.45) is 11.8 Å². The Morgan fingerprint density at radius 3 is 2.80 bits per heavy atom. The molecule has 1 aromatic carbocycles. The molecule has 2 heteroatoms. The zero-order valence-corrected chi connectivity index (χ0v) is 13.5. The monoisotopic (exact) mass is 331 g/mol. The number of benzene rings is 1. The standard InChI is InChI=1S/C18H22BrN/c19-11-7-8-14-15(10-11)17-12-4-3-5-13(12)18(14)20-9-2-1-6-16(17)20/h7-8,10,12-13,16-18H,1-6,9H2/t12-,13+,16-,17-,18+/m0/s1. The molecule has 3 fully saturated rings. The van der Waals surface area contributed by atoms with E-state index in [1.165, 1.54) is 49.5 Å². The van der Waals surface area contributed by atoms with Gasteiger partial charge in [0.05, 0.1) is 0 Å². The van der Waals surface area contributed by atoms with Crippen LogP contribution in [0.5, 0.6) is 0 Å². The van der Waals surface area contributed by atoms with Crippen molar-refractivity contribution in [3.05, 3.63) is 33.8 Å². The molecule has 0 unspecified atom stereocenters. The van der Waals surface area contributed by atoms with Crippen LogP contribution >= 0.6 is 15.9 Å². The van der Waals surface area contributed by atoms with E-state index in [4.69, 9.17) is 0 Å². The smallest absolute Gasteiger partial charge is 0.0385 e. The Kier molecular flexibility index (Phi) is 2.65. The molecule has 1 nitrogen and oxygen atoms in total. The fourth-order valence-corrected chi connectivity index (χ4v) is 6.43. The Bertz CT molecular complexity index is 554. The highest BCUT2D eigenvalue weighted by molar-refractivity contribution is 9.10. The third-order valence-corrected chi connectivity index (χ3v) is 7.08. The van der Waals surface area contributed by atoms with E-state index in [0.717, 1.165) is 29.8 Å². The van der Waals surface area contributed by atoms with Crippen LogP contribution in [0.25, 0.3) is 0 Å². The summed E-state index contributed by atoms with van der Waals surface area (Å²) < 4.78 is 1.28. The van der Waals surface area contributed by atoms with Crippen molar-refractivity contribution in [2.45, 2.75) is 56.5 Å². The molecule has 0 radical (unpaired) electrons. The molecule has 1 saturated carbocycles. The highest BCUT2D eigenvalue weighted by Gasteiger charge is 2.56. The molecule has 5 atom stereocenters. The zero-order valence-electron chi connectivity index (χ0n) is 11.9. The molecule has 0 aromatic heterocycles. The number of piperidine rings is 2. The summed E-state index contributed by atoms with van der Waals surface area (Å²) in [6.07, 6.45) is 8.75. The predicted molar refractivity (Wildman–Crippen MR) is 84.8 cm³/mol. The largest absolute Gasteiger partial charge is 0.292 e. The zero-order chi connectivity index (χ0) is 13.3. The van der Waals surface area contributed by atoms with Gasteiger partial charge in [-0.1, -0.05) is 34.8 Å². The van der Waals surface area contributed by atoms with Crippen LogP contribution in [0.2, 0.25) is 0 Å². The first-order chi connectivity index (χ1) is 9.84. The molecule has 2 saturated heterocycles. The van der Waals surface area contributed by atoms with Crippen LogP contribution in [-0.4, -0.2) is 17.5 Å². The normalized spacial score (nSPS) is 42.1. The van der Waals surface area contributed by atoms with Gasteiger partial charge < -0.3 is 0 Å². The van der Waals surface area contributed by atoms with E-state index in [-0.39, 0.29) is 0 Å². The van der Waals surface area contributed by atoms with Gasteiger partial charge in [-0.2, -0.15) is 0 Å². The van der Waals surface area contributed by atoms with Gasteiger partial charge in [0, 0.05) is 22.5 Å². The molecule has 0 amide bonds. The quantitative estimate of drug-likeness (QED) is 0.655. The third kappa shape index (κ3) is 1.47. The molecule has 2 bridgehead atoms. The first kappa shape index (κ1) is 12.2. The van der Waals surface area contributed by atoms with Crippen LogP contribution in [0.3, 0.4) is 0 Å². The van der Waals surface area contributed by atoms with Gasteiger partial charge >= 0.3 is 0 Å². The lowest BCUT2D eigenvalue weighted by Crippen LogP contribution is -2.58. The van der Waals surface area contributed by atoms with Crippen LogP contribution in [0.15, 0.2) is 22.7 Å². The Balaban J connectivity index is 1.71. The number of halogens is 1. The molecule has 3 heterocycles. The second-order valence-corrected chi connectivity index (χ2v) is 8.22. The number of hydrogen-bond acceptors (Lipinski definition) is 1. The summed E-state index contributed by atoms with van der Waals surface area (Å²) in [6, 6.07) is 8.75. The highest BCUT2D eigenvalue weighted by atomic mass is 79.9. The summed E-state index contributed by atoms with van der Waals surface area (Å²) in [5, 5.41) is 0. The van der Waals surface area contributed by atoms with E-state index in [0.29, 0.717) is 0 Å². The lowest BCUT2D eigenvalue weighted by atomic mass is 9.59. The molecule has 20 heavy (non-hydrogen) atoms. The molecule has 5 aliphatic rings. The minimum absolute atomic E-state index is 0.751. The predicted octanol–water partition coefficient (Wildman–Crippen LogP) is 4.87. The first-order valence-electron chi connectivity index (χ1n) is 8.40. The van der Waals surface area contributed by atoms with E-state index < -0.39 is 0 Å². The summed E-state index contributed by atoms with van der Waals surface area (Å²) in [5.74, 6) is 2.78. The van der Waals surface area contributed by atoms with E-state index in [9.17, 15) is 0 Å². The molecule has 3 aliphatic heterocycles. The summed E-state index contributed by atoms with van der Waals surface area (Å²) >= 11 is 3.71. The lowest BCUT2D eigenvalue weighted by molar-refractivity contribution is -0.0441. The third-order valence-electron chi connectivity index (χ3n) is 6.58. The van der Waals surface area contributed by atoms with Gasteiger partial charge in [0.25, 0.3) is 0 Å². The first-order valence-corrected chi connectivity index (χ1v) is 9.19. The van der Waals surface area contributed by atoms with Crippen molar-refractivity contribution in [1.29, 1.82) is 0 Å². The fourth-order valence-electron chi connectivity index (χ4n) is 6.05. The van der Waals surface area contributed by atoms with Crippen LogP contribution in [0, 0.1) is 11.8 Å². The van der Waals surface area contributed by atoms with Gasteiger partial charge in [0.2, 0.25) is 0 Å². The number of nitrogens with zero attached hydrogens (tertiary/aromatic N) is 1. The molecule has 2 aliphatic carbocycles. The van der Waals surface area contributed by atoms with Gasteiger partial charge in [0.15, 0.2) is 0 Å². The molecular weight excluding hydrogens is 310 g/mol. The second kappa shape index (κ2) is 4.33. The van der Waals surface area contributed by atoms with Gasteiger partial charge in [-0.3, -0.25) is 4.90 Å². The van der Waals surface area contributed by atoms with Crippen molar-refractivity contribution in [1.82, 2.24) is 4.90 Å². The van der Waals surface area contributed by atoms with E-state index in [2.05, 4.69) is 39.0 Å². The maximum atomic E-state index is 3.71. The Labute approximate surface area is 129 Å². The number of hydrogen-bond donors (Lipinski definition) is 0. The van der Waals surface area contributed by atoms with E-state index in [1.807, 2.05) is 0 Å². The average molecular weight is 332 g/mol. The summed E-state index contributed by atoms with van der Waals surface area (Å²) in [6.45, 7) is 1.35. The van der Waals surface area contributed by atoms with Crippen molar-refractivity contribution in [2.75, 3.05) is 6.54 Å². The van der Waals surface area contributed by atoms with E-state index >= 15 is 0 Å². The van der Waals surface area contributed by atoms with Gasteiger partial charge in [-0.05, 0) is 67.3 Å². The SMILES string of the molecule is Brc1ccc2c(c1)[C@@H]1[C@H]3CCC[C@H]3[C@H]2N2CCCC[C@@H]12. The van der Waals surface area contributed by atoms with Gasteiger partial charge in [-0.15, -0.1) is 0 Å². The van der Waals surface area contributed by atoms with Crippen molar-refractivity contribution < 1.29 is 0 Å². The molecule has 6 rings (SSSR count). The van der Waals surface area contributed by atoms with E-state index in [1.54, 1.807) is 11.1 Å². The van der Waals surface area contributed by atoms with Crippen LogP contribution in [0.1, 0.15) is 61.6 Å². The summed E-state index contributed by atoms with van der Waals surface area (Å²) in [4.78, 5) is 2.91. The minimum Gasteiger partial charge on any atom is -0.292 e. The molecule has 1 aromatic rings. The Morgan fingerprint density at radius 2 is 1.85 bits per heavy atom. The summed E-state index contributed by atoms with van der Waals surface area (Å²) in [7, 11) is 0. The maximum absolute atomic E-state index is 3.71. The van der Waals surface area contributed by atoms with Crippen LogP contribution in [-0.2, 0) is 0 Å². The molecule has 0 N–H and O–H groups in total. The molecular formula is C18H22BrN. The number of rotatable bonds is 0. The lowest BCUT2D eigenvalue weighted by Gasteiger charge is -2.59.